The molecule has 0 aliphatic rings. The molecular weight excluding hydrogens is 319 g/mol. The second-order valence-electron chi connectivity index (χ2n) is 4.62. The molecule has 1 amide bonds. The molecule has 0 aromatic heterocycles. The van der Waals surface area contributed by atoms with E-state index in [9.17, 15) is 23.1 Å². The number of rotatable bonds is 2. The van der Waals surface area contributed by atoms with E-state index in [1.165, 1.54) is 12.1 Å². The lowest BCUT2D eigenvalue weighted by Gasteiger charge is -2.13. The van der Waals surface area contributed by atoms with Crippen LogP contribution in [0.1, 0.15) is 21.5 Å². The molecule has 0 unspecified atom stereocenters. The molecule has 0 aliphatic carbocycles. The molecule has 2 aromatic rings. The Morgan fingerprint density at radius 2 is 1.91 bits per heavy atom. The van der Waals surface area contributed by atoms with E-state index in [1.807, 2.05) is 0 Å². The van der Waals surface area contributed by atoms with Crippen LogP contribution in [0.5, 0.6) is 5.75 Å². The molecule has 0 spiro atoms. The highest BCUT2D eigenvalue weighted by molar-refractivity contribution is 6.31. The molecule has 116 valence electrons. The van der Waals surface area contributed by atoms with Crippen LogP contribution in [0.4, 0.5) is 18.9 Å². The molecule has 0 fully saturated rings. The molecule has 0 heterocycles. The third-order valence-electron chi connectivity index (χ3n) is 3.01. The van der Waals surface area contributed by atoms with Crippen LogP contribution in [0.25, 0.3) is 0 Å². The predicted molar refractivity (Wildman–Crippen MR) is 77.3 cm³/mol. The molecule has 0 aliphatic heterocycles. The number of aryl methyl sites for hydroxylation is 1. The first kappa shape index (κ1) is 16.2. The Balaban J connectivity index is 2.34. The van der Waals surface area contributed by atoms with Gasteiger partial charge in [-0.2, -0.15) is 13.2 Å². The van der Waals surface area contributed by atoms with Gasteiger partial charge in [0.25, 0.3) is 5.91 Å². The number of nitrogens with one attached hydrogen (secondary N) is 1. The van der Waals surface area contributed by atoms with Gasteiger partial charge < -0.3 is 10.4 Å². The van der Waals surface area contributed by atoms with Crippen LogP contribution in [-0.4, -0.2) is 11.0 Å². The lowest BCUT2D eigenvalue weighted by Crippen LogP contribution is -2.15. The summed E-state index contributed by atoms with van der Waals surface area (Å²) in [4.78, 5) is 12.1. The van der Waals surface area contributed by atoms with Crippen molar-refractivity contribution in [3.63, 3.8) is 0 Å². The van der Waals surface area contributed by atoms with Gasteiger partial charge in [-0.05, 0) is 36.8 Å². The summed E-state index contributed by atoms with van der Waals surface area (Å²) in [6.45, 7) is 1.61. The zero-order valence-electron chi connectivity index (χ0n) is 11.3. The number of hydrogen-bond acceptors (Lipinski definition) is 2. The van der Waals surface area contributed by atoms with E-state index in [1.54, 1.807) is 19.1 Å². The molecule has 2 N–H and O–H groups in total. The van der Waals surface area contributed by atoms with Crippen LogP contribution in [0.2, 0.25) is 5.02 Å². The normalized spacial score (nSPS) is 11.3. The van der Waals surface area contributed by atoms with Gasteiger partial charge in [-0.1, -0.05) is 23.7 Å². The Hall–Kier alpha value is -2.21. The van der Waals surface area contributed by atoms with Crippen molar-refractivity contribution in [2.24, 2.45) is 0 Å². The van der Waals surface area contributed by atoms with Crippen LogP contribution in [0, 0.1) is 6.92 Å². The summed E-state index contributed by atoms with van der Waals surface area (Å²) in [6, 6.07) is 7.55. The number of halogens is 4. The van der Waals surface area contributed by atoms with Gasteiger partial charge in [-0.25, -0.2) is 0 Å². The molecule has 7 heteroatoms. The Labute approximate surface area is 129 Å². The minimum atomic E-state index is -4.62. The second kappa shape index (κ2) is 5.88. The molecule has 0 radical (unpaired) electrons. The molecule has 0 saturated heterocycles. The number of carbonyl (C=O) groups excluding carboxylic acids is 1. The monoisotopic (exact) mass is 329 g/mol. The first-order chi connectivity index (χ1) is 10.2. The summed E-state index contributed by atoms with van der Waals surface area (Å²) in [5.74, 6) is -0.950. The maximum atomic E-state index is 12.8. The summed E-state index contributed by atoms with van der Waals surface area (Å²) < 4.78 is 38.3. The largest absolute Gasteiger partial charge is 0.507 e. The van der Waals surface area contributed by atoms with Crippen molar-refractivity contribution in [3.8, 4) is 5.75 Å². The van der Waals surface area contributed by atoms with Crippen molar-refractivity contribution >= 4 is 23.2 Å². The lowest BCUT2D eigenvalue weighted by molar-refractivity contribution is -0.137. The van der Waals surface area contributed by atoms with Crippen molar-refractivity contribution in [3.05, 3.63) is 58.1 Å². The number of phenolic OH excluding ortho intramolecular Hbond substituents is 1. The fourth-order valence-corrected chi connectivity index (χ4v) is 2.19. The first-order valence-electron chi connectivity index (χ1n) is 6.17. The maximum Gasteiger partial charge on any atom is 0.417 e. The van der Waals surface area contributed by atoms with Crippen molar-refractivity contribution < 1.29 is 23.1 Å². The van der Waals surface area contributed by atoms with E-state index in [0.717, 1.165) is 12.1 Å². The zero-order chi connectivity index (χ0) is 16.5. The molecular formula is C15H11ClF3NO2. The van der Waals surface area contributed by atoms with E-state index in [-0.39, 0.29) is 17.0 Å². The van der Waals surface area contributed by atoms with Gasteiger partial charge in [0.2, 0.25) is 0 Å². The van der Waals surface area contributed by atoms with Gasteiger partial charge in [0.05, 0.1) is 16.1 Å². The van der Waals surface area contributed by atoms with E-state index in [0.29, 0.717) is 5.56 Å². The van der Waals surface area contributed by atoms with Gasteiger partial charge in [0, 0.05) is 5.69 Å². The van der Waals surface area contributed by atoms with Gasteiger partial charge in [0.15, 0.2) is 0 Å². The second-order valence-corrected chi connectivity index (χ2v) is 5.02. The van der Waals surface area contributed by atoms with E-state index < -0.39 is 22.7 Å². The Bertz CT molecular complexity index is 709. The molecule has 2 aromatic carbocycles. The number of amides is 1. The lowest BCUT2D eigenvalue weighted by atomic mass is 10.1. The number of aromatic hydroxyl groups is 1. The van der Waals surface area contributed by atoms with Crippen LogP contribution >= 0.6 is 11.6 Å². The number of benzene rings is 2. The number of alkyl halides is 3. The molecule has 2 rings (SSSR count). The number of carbonyl (C=O) groups is 1. The van der Waals surface area contributed by atoms with Crippen molar-refractivity contribution in [1.82, 2.24) is 0 Å². The van der Waals surface area contributed by atoms with Crippen molar-refractivity contribution in [1.29, 1.82) is 0 Å². The molecule has 0 saturated carbocycles. The van der Waals surface area contributed by atoms with Gasteiger partial charge >= 0.3 is 6.18 Å². The molecule has 0 bridgehead atoms. The fourth-order valence-electron chi connectivity index (χ4n) is 1.96. The molecule has 22 heavy (non-hydrogen) atoms. The van der Waals surface area contributed by atoms with Gasteiger partial charge in [-0.3, -0.25) is 4.79 Å². The summed E-state index contributed by atoms with van der Waals surface area (Å²) in [5.41, 5.74) is -0.598. The van der Waals surface area contributed by atoms with Crippen LogP contribution in [0.3, 0.4) is 0 Å². The summed E-state index contributed by atoms with van der Waals surface area (Å²) in [5, 5.41) is 11.6. The third kappa shape index (κ3) is 3.33. The SMILES string of the molecule is Cc1cccc(O)c1C(=O)Nc1ccc(Cl)c(C(F)(F)F)c1. The summed E-state index contributed by atoms with van der Waals surface area (Å²) in [6.07, 6.45) is -4.62. The standard InChI is InChI=1S/C15H11ClF3NO2/c1-8-3-2-4-12(21)13(8)14(22)20-9-5-6-11(16)10(7-9)15(17,18)19/h2-7,21H,1H3,(H,20,22). The number of anilines is 1. The highest BCUT2D eigenvalue weighted by atomic mass is 35.5. The fraction of sp³-hybridized carbons (Fsp3) is 0.133. The topological polar surface area (TPSA) is 49.3 Å². The van der Waals surface area contributed by atoms with Crippen molar-refractivity contribution in [2.45, 2.75) is 13.1 Å². The number of phenols is 1. The zero-order valence-corrected chi connectivity index (χ0v) is 12.1. The summed E-state index contributed by atoms with van der Waals surface area (Å²) >= 11 is 5.51. The highest BCUT2D eigenvalue weighted by Gasteiger charge is 2.33. The minimum Gasteiger partial charge on any atom is -0.507 e. The van der Waals surface area contributed by atoms with E-state index >= 15 is 0 Å². The van der Waals surface area contributed by atoms with Crippen LogP contribution in [0.15, 0.2) is 36.4 Å². The number of hydrogen-bond donors (Lipinski definition) is 2. The van der Waals surface area contributed by atoms with E-state index in [2.05, 4.69) is 5.32 Å². The smallest absolute Gasteiger partial charge is 0.417 e. The molecule has 0 atom stereocenters. The average molecular weight is 330 g/mol. The summed E-state index contributed by atoms with van der Waals surface area (Å²) in [7, 11) is 0. The van der Waals surface area contributed by atoms with Crippen LogP contribution in [-0.2, 0) is 6.18 Å². The average Bonchev–Trinajstić information content (AvgIpc) is 2.39. The third-order valence-corrected chi connectivity index (χ3v) is 3.34. The van der Waals surface area contributed by atoms with Gasteiger partial charge in [-0.15, -0.1) is 0 Å². The first-order valence-corrected chi connectivity index (χ1v) is 6.54. The quantitative estimate of drug-likeness (QED) is 0.844. The Kier molecular flexibility index (Phi) is 4.32. The van der Waals surface area contributed by atoms with Gasteiger partial charge in [0.1, 0.15) is 5.75 Å². The molecule has 3 nitrogen and oxygen atoms in total. The predicted octanol–water partition coefficient (Wildman–Crippen LogP) is 4.63. The maximum absolute atomic E-state index is 12.8. The minimum absolute atomic E-state index is 0.00556. The Morgan fingerprint density at radius 1 is 1.23 bits per heavy atom. The van der Waals surface area contributed by atoms with Crippen LogP contribution < -0.4 is 5.32 Å². The Morgan fingerprint density at radius 3 is 2.50 bits per heavy atom. The van der Waals surface area contributed by atoms with Crippen molar-refractivity contribution in [2.75, 3.05) is 5.32 Å². The van der Waals surface area contributed by atoms with E-state index in [4.69, 9.17) is 11.6 Å². The highest BCUT2D eigenvalue weighted by Crippen LogP contribution is 2.36.